The monoisotopic (exact) mass is 352 g/mol. The van der Waals surface area contributed by atoms with E-state index >= 15 is 0 Å². The van der Waals surface area contributed by atoms with E-state index in [1.165, 1.54) is 0 Å². The van der Waals surface area contributed by atoms with E-state index < -0.39 is 0 Å². The third-order valence-corrected chi connectivity index (χ3v) is 3.36. The van der Waals surface area contributed by atoms with Crippen LogP contribution >= 0.6 is 31.9 Å². The molecule has 0 N–H and O–H groups in total. The number of aromatic nitrogens is 4. The Balaban J connectivity index is 2.27. The van der Waals surface area contributed by atoms with E-state index in [9.17, 15) is 0 Å². The molecule has 2 heterocycles. The molecule has 0 aliphatic rings. The van der Waals surface area contributed by atoms with Gasteiger partial charge in [-0.05, 0) is 50.1 Å². The Labute approximate surface area is 114 Å². The third kappa shape index (κ3) is 1.87. The highest BCUT2D eigenvalue weighted by Gasteiger charge is 2.10. The lowest BCUT2D eigenvalue weighted by Crippen LogP contribution is -2.00. The van der Waals surface area contributed by atoms with Crippen LogP contribution in [0.5, 0.6) is 0 Å². The smallest absolute Gasteiger partial charge is 0.170 e. The maximum Gasteiger partial charge on any atom is 0.170 e. The summed E-state index contributed by atoms with van der Waals surface area (Å²) in [6.07, 6.45) is 1.73. The van der Waals surface area contributed by atoms with Gasteiger partial charge in [-0.3, -0.25) is 0 Å². The van der Waals surface area contributed by atoms with Crippen LogP contribution in [0.4, 0.5) is 0 Å². The molecule has 3 rings (SSSR count). The Kier molecular flexibility index (Phi) is 2.68. The largest absolute Gasteiger partial charge is 0.235 e. The summed E-state index contributed by atoms with van der Waals surface area (Å²) in [6, 6.07) is 9.70. The van der Waals surface area contributed by atoms with Crippen molar-refractivity contribution in [3.63, 3.8) is 0 Å². The van der Waals surface area contributed by atoms with Gasteiger partial charge in [0.2, 0.25) is 0 Å². The minimum Gasteiger partial charge on any atom is -0.235 e. The van der Waals surface area contributed by atoms with Crippen molar-refractivity contribution in [2.75, 3.05) is 0 Å². The molecule has 0 amide bonds. The molecule has 0 saturated carbocycles. The van der Waals surface area contributed by atoms with Crippen molar-refractivity contribution in [1.29, 1.82) is 0 Å². The van der Waals surface area contributed by atoms with E-state index in [-0.39, 0.29) is 0 Å². The fraction of sp³-hybridized carbons (Fsp3) is 0. The van der Waals surface area contributed by atoms with Crippen molar-refractivity contribution in [1.82, 2.24) is 20.0 Å². The van der Waals surface area contributed by atoms with Crippen LogP contribution in [0.15, 0.2) is 45.5 Å². The molecule has 4 nitrogen and oxygen atoms in total. The van der Waals surface area contributed by atoms with Gasteiger partial charge < -0.3 is 0 Å². The number of hydrogen-bond donors (Lipinski definition) is 0. The predicted molar refractivity (Wildman–Crippen MR) is 72.1 cm³/mol. The van der Waals surface area contributed by atoms with Gasteiger partial charge in [-0.2, -0.15) is 4.68 Å². The first-order chi connectivity index (χ1) is 8.25. The summed E-state index contributed by atoms with van der Waals surface area (Å²) in [5.41, 5.74) is 1.78. The lowest BCUT2D eigenvalue weighted by Gasteiger charge is -2.03. The highest BCUT2D eigenvalue weighted by Crippen LogP contribution is 2.24. The molecule has 17 heavy (non-hydrogen) atoms. The van der Waals surface area contributed by atoms with Crippen LogP contribution in [0.2, 0.25) is 0 Å². The maximum absolute atomic E-state index is 4.34. The standard InChI is InChI=1S/C11H6Br2N4/c12-7-5-8(13)11(14-6-7)17-10-4-2-1-3-9(10)15-16-17/h1-6H. The van der Waals surface area contributed by atoms with Crippen molar-refractivity contribution in [2.45, 2.75) is 0 Å². The van der Waals surface area contributed by atoms with Crippen molar-refractivity contribution in [2.24, 2.45) is 0 Å². The first kappa shape index (κ1) is 10.9. The maximum atomic E-state index is 4.34. The number of rotatable bonds is 1. The van der Waals surface area contributed by atoms with Crippen molar-refractivity contribution in [3.8, 4) is 5.82 Å². The highest BCUT2D eigenvalue weighted by molar-refractivity contribution is 9.11. The molecular weight excluding hydrogens is 348 g/mol. The second-order valence-corrected chi connectivity index (χ2v) is 5.22. The zero-order chi connectivity index (χ0) is 11.8. The first-order valence-electron chi connectivity index (χ1n) is 4.87. The van der Waals surface area contributed by atoms with E-state index in [1.807, 2.05) is 30.3 Å². The van der Waals surface area contributed by atoms with E-state index in [1.54, 1.807) is 10.9 Å². The second-order valence-electron chi connectivity index (χ2n) is 3.45. The predicted octanol–water partition coefficient (Wildman–Crippen LogP) is 3.34. The van der Waals surface area contributed by atoms with Crippen molar-refractivity contribution in [3.05, 3.63) is 45.5 Å². The zero-order valence-electron chi connectivity index (χ0n) is 8.51. The van der Waals surface area contributed by atoms with Gasteiger partial charge in [0.05, 0.1) is 9.99 Å². The number of benzene rings is 1. The Morgan fingerprint density at radius 3 is 2.76 bits per heavy atom. The molecule has 1 aromatic carbocycles. The van der Waals surface area contributed by atoms with Gasteiger partial charge in [0.25, 0.3) is 0 Å². The second kappa shape index (κ2) is 4.19. The molecule has 0 atom stereocenters. The average Bonchev–Trinajstić information content (AvgIpc) is 2.73. The molecular formula is C11H6Br2N4. The normalized spacial score (nSPS) is 10.9. The van der Waals surface area contributed by atoms with E-state index in [0.29, 0.717) is 0 Å². The van der Waals surface area contributed by atoms with E-state index in [4.69, 9.17) is 0 Å². The van der Waals surface area contributed by atoms with Crippen LogP contribution in [0, 0.1) is 0 Å². The summed E-state index contributed by atoms with van der Waals surface area (Å²) in [5, 5.41) is 8.21. The summed E-state index contributed by atoms with van der Waals surface area (Å²) < 4.78 is 3.49. The Bertz CT molecular complexity index is 693. The molecule has 0 unspecified atom stereocenters. The van der Waals surface area contributed by atoms with Gasteiger partial charge in [-0.25, -0.2) is 4.98 Å². The van der Waals surface area contributed by atoms with Crippen molar-refractivity contribution >= 4 is 42.9 Å². The number of hydrogen-bond acceptors (Lipinski definition) is 3. The lowest BCUT2D eigenvalue weighted by atomic mass is 10.3. The van der Waals surface area contributed by atoms with E-state index in [2.05, 4.69) is 47.2 Å². The van der Waals surface area contributed by atoms with Gasteiger partial charge >= 0.3 is 0 Å². The number of fused-ring (bicyclic) bond motifs is 1. The van der Waals surface area contributed by atoms with Crippen molar-refractivity contribution < 1.29 is 0 Å². The molecule has 0 bridgehead atoms. The summed E-state index contributed by atoms with van der Waals surface area (Å²) in [6.45, 7) is 0. The number of halogens is 2. The van der Waals surface area contributed by atoms with Crippen LogP contribution in [0.1, 0.15) is 0 Å². The molecule has 0 fully saturated rings. The zero-order valence-corrected chi connectivity index (χ0v) is 11.7. The fourth-order valence-electron chi connectivity index (χ4n) is 1.59. The number of pyridine rings is 1. The quantitative estimate of drug-likeness (QED) is 0.673. The summed E-state index contributed by atoms with van der Waals surface area (Å²) in [5.74, 6) is 0.724. The molecule has 0 spiro atoms. The minimum absolute atomic E-state index is 0.724. The average molecular weight is 354 g/mol. The van der Waals surface area contributed by atoms with Gasteiger partial charge in [-0.1, -0.05) is 17.3 Å². The van der Waals surface area contributed by atoms with Gasteiger partial charge in [0.15, 0.2) is 5.82 Å². The summed E-state index contributed by atoms with van der Waals surface area (Å²) in [7, 11) is 0. The van der Waals surface area contributed by atoms with E-state index in [0.717, 1.165) is 25.8 Å². The molecule has 0 aliphatic carbocycles. The minimum atomic E-state index is 0.724. The molecule has 84 valence electrons. The SMILES string of the molecule is Brc1cnc(-n2nnc3ccccc32)c(Br)c1. The molecule has 0 radical (unpaired) electrons. The van der Waals surface area contributed by atoms with Gasteiger partial charge in [0, 0.05) is 10.7 Å². The topological polar surface area (TPSA) is 43.6 Å². The number of para-hydroxylation sites is 1. The van der Waals surface area contributed by atoms with Gasteiger partial charge in [-0.15, -0.1) is 5.10 Å². The summed E-state index contributed by atoms with van der Waals surface area (Å²) in [4.78, 5) is 4.34. The molecule has 3 aromatic rings. The molecule has 0 aliphatic heterocycles. The van der Waals surface area contributed by atoms with Crippen LogP contribution in [-0.2, 0) is 0 Å². The fourth-order valence-corrected chi connectivity index (χ4v) is 2.74. The number of nitrogens with zero attached hydrogens (tertiary/aromatic N) is 4. The van der Waals surface area contributed by atoms with Crippen LogP contribution < -0.4 is 0 Å². The van der Waals surface area contributed by atoms with Gasteiger partial charge in [0.1, 0.15) is 5.52 Å². The lowest BCUT2D eigenvalue weighted by molar-refractivity contribution is 0.797. The Hall–Kier alpha value is -1.27. The molecule has 2 aromatic heterocycles. The summed E-state index contributed by atoms with van der Waals surface area (Å²) >= 11 is 6.84. The van der Waals surface area contributed by atoms with Crippen LogP contribution in [0.3, 0.4) is 0 Å². The Morgan fingerprint density at radius 1 is 1.12 bits per heavy atom. The highest BCUT2D eigenvalue weighted by atomic mass is 79.9. The third-order valence-electron chi connectivity index (χ3n) is 2.34. The van der Waals surface area contributed by atoms with Crippen LogP contribution in [0.25, 0.3) is 16.9 Å². The first-order valence-corrected chi connectivity index (χ1v) is 6.46. The Morgan fingerprint density at radius 2 is 1.94 bits per heavy atom. The molecule has 0 saturated heterocycles. The molecule has 6 heteroatoms. The van der Waals surface area contributed by atoms with Crippen LogP contribution in [-0.4, -0.2) is 20.0 Å².